The molecule has 2 aromatic carbocycles. The highest BCUT2D eigenvalue weighted by molar-refractivity contribution is 8.00. The summed E-state index contributed by atoms with van der Waals surface area (Å²) in [5.74, 6) is 0. The molecule has 0 aliphatic rings. The minimum Gasteiger partial charge on any atom is -0.316 e. The maximum absolute atomic E-state index is 3.38. The van der Waals surface area contributed by atoms with E-state index in [9.17, 15) is 0 Å². The third kappa shape index (κ3) is 3.48. The summed E-state index contributed by atoms with van der Waals surface area (Å²) in [4.78, 5) is 1.36. The Hall–Kier alpha value is -0.990. The molecule has 17 heavy (non-hydrogen) atoms. The summed E-state index contributed by atoms with van der Waals surface area (Å²) < 4.78 is 0. The van der Waals surface area contributed by atoms with E-state index in [0.29, 0.717) is 5.25 Å². The van der Waals surface area contributed by atoms with E-state index in [1.165, 1.54) is 15.7 Å². The molecule has 0 fully saturated rings. The molecule has 2 aromatic rings. The van der Waals surface area contributed by atoms with Gasteiger partial charge in [0.2, 0.25) is 0 Å². The quantitative estimate of drug-likeness (QED) is 0.801. The van der Waals surface area contributed by atoms with Crippen LogP contribution in [0.15, 0.2) is 47.4 Å². The lowest BCUT2D eigenvalue weighted by molar-refractivity contribution is 0.713. The van der Waals surface area contributed by atoms with Crippen LogP contribution in [0.2, 0.25) is 0 Å². The molecule has 1 atom stereocenters. The van der Waals surface area contributed by atoms with E-state index in [1.807, 2.05) is 11.8 Å². The molecule has 0 saturated heterocycles. The van der Waals surface area contributed by atoms with Gasteiger partial charge >= 0.3 is 0 Å². The van der Waals surface area contributed by atoms with Gasteiger partial charge in [0.15, 0.2) is 0 Å². The molecular formula is C15H19NS. The van der Waals surface area contributed by atoms with Crippen molar-refractivity contribution in [3.63, 3.8) is 0 Å². The fraction of sp³-hybridized carbons (Fsp3) is 0.333. The Kier molecular flexibility index (Phi) is 4.46. The molecule has 2 rings (SSSR count). The lowest BCUT2D eigenvalue weighted by Gasteiger charge is -2.11. The third-order valence-corrected chi connectivity index (χ3v) is 3.84. The molecule has 0 spiro atoms. The van der Waals surface area contributed by atoms with Gasteiger partial charge in [-0.15, -0.1) is 11.8 Å². The molecule has 2 heteroatoms. The number of hydrogen-bond donors (Lipinski definition) is 1. The zero-order valence-corrected chi connectivity index (χ0v) is 11.3. The van der Waals surface area contributed by atoms with Crippen LogP contribution in [0, 0.1) is 0 Å². The van der Waals surface area contributed by atoms with E-state index < -0.39 is 0 Å². The van der Waals surface area contributed by atoms with Gasteiger partial charge in [0.25, 0.3) is 0 Å². The van der Waals surface area contributed by atoms with Crippen LogP contribution in [-0.4, -0.2) is 18.3 Å². The van der Waals surface area contributed by atoms with Gasteiger partial charge in [-0.25, -0.2) is 0 Å². The van der Waals surface area contributed by atoms with Crippen LogP contribution >= 0.6 is 11.8 Å². The van der Waals surface area contributed by atoms with Gasteiger partial charge < -0.3 is 5.32 Å². The van der Waals surface area contributed by atoms with Crippen LogP contribution in [0.3, 0.4) is 0 Å². The van der Waals surface area contributed by atoms with Crippen LogP contribution < -0.4 is 5.32 Å². The molecule has 0 heterocycles. The molecule has 90 valence electrons. The molecular weight excluding hydrogens is 226 g/mol. The number of thioether (sulfide) groups is 1. The largest absolute Gasteiger partial charge is 0.316 e. The Morgan fingerprint density at radius 3 is 2.65 bits per heavy atom. The summed E-state index contributed by atoms with van der Waals surface area (Å²) in [6, 6.07) is 15.2. The topological polar surface area (TPSA) is 12.0 Å². The van der Waals surface area contributed by atoms with Crippen molar-refractivity contribution in [3.8, 4) is 0 Å². The molecule has 0 radical (unpaired) electrons. The van der Waals surface area contributed by atoms with Crippen LogP contribution in [0.5, 0.6) is 0 Å². The van der Waals surface area contributed by atoms with Crippen LogP contribution in [0.1, 0.15) is 13.8 Å². The van der Waals surface area contributed by atoms with Gasteiger partial charge in [0, 0.05) is 16.7 Å². The summed E-state index contributed by atoms with van der Waals surface area (Å²) in [7, 11) is 0. The number of hydrogen-bond acceptors (Lipinski definition) is 2. The van der Waals surface area contributed by atoms with Crippen molar-refractivity contribution in [1.29, 1.82) is 0 Å². The lowest BCUT2D eigenvalue weighted by atomic mass is 10.1. The van der Waals surface area contributed by atoms with Crippen molar-refractivity contribution in [2.24, 2.45) is 0 Å². The Labute approximate surface area is 108 Å². The Morgan fingerprint density at radius 2 is 1.88 bits per heavy atom. The van der Waals surface area contributed by atoms with Gasteiger partial charge in [0.1, 0.15) is 0 Å². The predicted octanol–water partition coefficient (Wildman–Crippen LogP) is 3.93. The first-order chi connectivity index (χ1) is 8.29. The minimum absolute atomic E-state index is 0.608. The highest BCUT2D eigenvalue weighted by atomic mass is 32.2. The number of rotatable bonds is 5. The maximum Gasteiger partial charge on any atom is 0.0191 e. The number of fused-ring (bicyclic) bond motifs is 1. The van der Waals surface area contributed by atoms with E-state index in [1.54, 1.807) is 0 Å². The summed E-state index contributed by atoms with van der Waals surface area (Å²) in [5.41, 5.74) is 0. The molecule has 1 unspecified atom stereocenters. The van der Waals surface area contributed by atoms with E-state index in [-0.39, 0.29) is 0 Å². The average Bonchev–Trinajstić information content (AvgIpc) is 2.36. The standard InChI is InChI=1S/C15H19NS/c1-3-16-11-12(2)17-15-9-8-13-6-4-5-7-14(13)10-15/h4-10,12,16H,3,11H2,1-2H3. The van der Waals surface area contributed by atoms with E-state index >= 15 is 0 Å². The maximum atomic E-state index is 3.38. The van der Waals surface area contributed by atoms with Crippen molar-refractivity contribution in [1.82, 2.24) is 5.32 Å². The van der Waals surface area contributed by atoms with Gasteiger partial charge in [-0.2, -0.15) is 0 Å². The van der Waals surface area contributed by atoms with Gasteiger partial charge in [0.05, 0.1) is 0 Å². The number of nitrogens with one attached hydrogen (secondary N) is 1. The van der Waals surface area contributed by atoms with Crippen LogP contribution in [0.25, 0.3) is 10.8 Å². The second-order valence-corrected chi connectivity index (χ2v) is 5.76. The second-order valence-electron chi connectivity index (χ2n) is 4.25. The SMILES string of the molecule is CCNCC(C)Sc1ccc2ccccc2c1. The first-order valence-electron chi connectivity index (χ1n) is 6.16. The van der Waals surface area contributed by atoms with Crippen molar-refractivity contribution in [3.05, 3.63) is 42.5 Å². The summed E-state index contributed by atoms with van der Waals surface area (Å²) >= 11 is 1.94. The molecule has 0 aromatic heterocycles. The molecule has 0 saturated carbocycles. The van der Waals surface area contributed by atoms with Gasteiger partial charge in [-0.05, 0) is 29.4 Å². The van der Waals surface area contributed by atoms with Crippen LogP contribution in [0.4, 0.5) is 0 Å². The molecule has 0 aliphatic heterocycles. The molecule has 0 amide bonds. The lowest BCUT2D eigenvalue weighted by Crippen LogP contribution is -2.21. The third-order valence-electron chi connectivity index (χ3n) is 2.74. The highest BCUT2D eigenvalue weighted by Gasteiger charge is 2.04. The van der Waals surface area contributed by atoms with Crippen molar-refractivity contribution < 1.29 is 0 Å². The average molecular weight is 245 g/mol. The van der Waals surface area contributed by atoms with Crippen LogP contribution in [-0.2, 0) is 0 Å². The zero-order chi connectivity index (χ0) is 12.1. The minimum atomic E-state index is 0.608. The first-order valence-corrected chi connectivity index (χ1v) is 7.03. The number of benzene rings is 2. The van der Waals surface area contributed by atoms with E-state index in [2.05, 4.69) is 61.6 Å². The Balaban J connectivity index is 2.08. The Bertz CT molecular complexity index is 481. The van der Waals surface area contributed by atoms with E-state index in [0.717, 1.165) is 13.1 Å². The molecule has 0 bridgehead atoms. The van der Waals surface area contributed by atoms with Crippen molar-refractivity contribution >= 4 is 22.5 Å². The fourth-order valence-corrected chi connectivity index (χ4v) is 2.87. The van der Waals surface area contributed by atoms with Gasteiger partial charge in [-0.3, -0.25) is 0 Å². The highest BCUT2D eigenvalue weighted by Crippen LogP contribution is 2.26. The first kappa shape index (κ1) is 12.5. The van der Waals surface area contributed by atoms with E-state index in [4.69, 9.17) is 0 Å². The van der Waals surface area contributed by atoms with Crippen molar-refractivity contribution in [2.75, 3.05) is 13.1 Å². The zero-order valence-electron chi connectivity index (χ0n) is 10.4. The van der Waals surface area contributed by atoms with Gasteiger partial charge in [-0.1, -0.05) is 44.2 Å². The predicted molar refractivity (Wildman–Crippen MR) is 77.8 cm³/mol. The molecule has 0 aliphatic carbocycles. The van der Waals surface area contributed by atoms with Crippen molar-refractivity contribution in [2.45, 2.75) is 24.0 Å². The normalized spacial score (nSPS) is 12.8. The molecule has 1 nitrogen and oxygen atoms in total. The summed E-state index contributed by atoms with van der Waals surface area (Å²) in [6.45, 7) is 6.52. The summed E-state index contributed by atoms with van der Waals surface area (Å²) in [5, 5.41) is 6.64. The molecule has 1 N–H and O–H groups in total. The summed E-state index contributed by atoms with van der Waals surface area (Å²) in [6.07, 6.45) is 0. The Morgan fingerprint density at radius 1 is 1.12 bits per heavy atom. The monoisotopic (exact) mass is 245 g/mol. The second kappa shape index (κ2) is 6.08. The smallest absolute Gasteiger partial charge is 0.0191 e. The fourth-order valence-electron chi connectivity index (χ4n) is 1.86.